The third-order valence-corrected chi connectivity index (χ3v) is 4.81. The first-order chi connectivity index (χ1) is 11.6. The Hall–Kier alpha value is -2.69. The molecule has 0 atom stereocenters. The van der Waals surface area contributed by atoms with Crippen LogP contribution in [0, 0.1) is 5.82 Å². The van der Waals surface area contributed by atoms with Crippen molar-refractivity contribution in [3.05, 3.63) is 59.9 Å². The zero-order valence-electron chi connectivity index (χ0n) is 13.1. The van der Waals surface area contributed by atoms with E-state index in [4.69, 9.17) is 0 Å². The van der Waals surface area contributed by atoms with Gasteiger partial charge < -0.3 is 10.2 Å². The summed E-state index contributed by atoms with van der Waals surface area (Å²) in [5.74, 6) is -0.558. The molecular formula is C19H17FN2O2. The molecule has 2 amide bonds. The summed E-state index contributed by atoms with van der Waals surface area (Å²) in [7, 11) is 0. The molecule has 122 valence electrons. The minimum Gasteiger partial charge on any atom is -0.347 e. The van der Waals surface area contributed by atoms with E-state index in [1.807, 2.05) is 30.3 Å². The SMILES string of the molecule is O=C1CCC2(CN(C(=O)c3ccc(-c4ccccc4)c(F)c3)C2)N1. The molecule has 4 rings (SSSR count). The van der Waals surface area contributed by atoms with E-state index in [2.05, 4.69) is 5.32 Å². The van der Waals surface area contributed by atoms with Gasteiger partial charge in [0.1, 0.15) is 5.82 Å². The summed E-state index contributed by atoms with van der Waals surface area (Å²) < 4.78 is 14.4. The molecule has 1 N–H and O–H groups in total. The van der Waals surface area contributed by atoms with E-state index in [9.17, 15) is 14.0 Å². The smallest absolute Gasteiger partial charge is 0.254 e. The van der Waals surface area contributed by atoms with Gasteiger partial charge in [-0.25, -0.2) is 4.39 Å². The third-order valence-electron chi connectivity index (χ3n) is 4.81. The van der Waals surface area contributed by atoms with Gasteiger partial charge in [-0.2, -0.15) is 0 Å². The molecule has 0 aliphatic carbocycles. The summed E-state index contributed by atoms with van der Waals surface area (Å²) in [6.45, 7) is 0.999. The number of carbonyl (C=O) groups is 2. The van der Waals surface area contributed by atoms with Crippen LogP contribution in [0.1, 0.15) is 23.2 Å². The Morgan fingerprint density at radius 1 is 1.12 bits per heavy atom. The lowest BCUT2D eigenvalue weighted by molar-refractivity contribution is -0.120. The van der Waals surface area contributed by atoms with Gasteiger partial charge in [0.2, 0.25) is 5.91 Å². The van der Waals surface area contributed by atoms with Gasteiger partial charge in [-0.05, 0) is 24.1 Å². The first kappa shape index (κ1) is 14.9. The van der Waals surface area contributed by atoms with Crippen LogP contribution >= 0.6 is 0 Å². The number of carbonyl (C=O) groups excluding carboxylic acids is 2. The summed E-state index contributed by atoms with van der Waals surface area (Å²) in [5, 5.41) is 2.94. The van der Waals surface area contributed by atoms with E-state index in [-0.39, 0.29) is 17.4 Å². The number of hydrogen-bond donors (Lipinski definition) is 1. The second kappa shape index (κ2) is 5.44. The highest BCUT2D eigenvalue weighted by atomic mass is 19.1. The number of hydrogen-bond acceptors (Lipinski definition) is 2. The molecule has 0 bridgehead atoms. The lowest BCUT2D eigenvalue weighted by Crippen LogP contribution is -2.68. The highest BCUT2D eigenvalue weighted by Crippen LogP contribution is 2.32. The van der Waals surface area contributed by atoms with Crippen LogP contribution in [0.3, 0.4) is 0 Å². The highest BCUT2D eigenvalue weighted by Gasteiger charge is 2.49. The molecule has 4 nitrogen and oxygen atoms in total. The fraction of sp³-hybridized carbons (Fsp3) is 0.263. The predicted molar refractivity (Wildman–Crippen MR) is 87.8 cm³/mol. The van der Waals surface area contributed by atoms with Gasteiger partial charge in [-0.3, -0.25) is 9.59 Å². The molecule has 5 heteroatoms. The van der Waals surface area contributed by atoms with Crippen LogP contribution in [0.2, 0.25) is 0 Å². The molecule has 2 aliphatic heterocycles. The zero-order chi connectivity index (χ0) is 16.7. The van der Waals surface area contributed by atoms with Crippen molar-refractivity contribution >= 4 is 11.8 Å². The molecular weight excluding hydrogens is 307 g/mol. The fourth-order valence-corrected chi connectivity index (χ4v) is 3.52. The van der Waals surface area contributed by atoms with Gasteiger partial charge >= 0.3 is 0 Å². The molecule has 2 aromatic rings. The van der Waals surface area contributed by atoms with Crippen molar-refractivity contribution in [3.63, 3.8) is 0 Å². The Kier molecular flexibility index (Phi) is 3.37. The van der Waals surface area contributed by atoms with E-state index >= 15 is 0 Å². The molecule has 2 heterocycles. The molecule has 0 unspecified atom stereocenters. The van der Waals surface area contributed by atoms with Crippen molar-refractivity contribution in [1.82, 2.24) is 10.2 Å². The first-order valence-electron chi connectivity index (χ1n) is 8.02. The van der Waals surface area contributed by atoms with Crippen LogP contribution in [-0.2, 0) is 4.79 Å². The minimum atomic E-state index is -0.406. The minimum absolute atomic E-state index is 0.0420. The number of benzene rings is 2. The van der Waals surface area contributed by atoms with Crippen molar-refractivity contribution in [3.8, 4) is 11.1 Å². The van der Waals surface area contributed by atoms with E-state index in [1.165, 1.54) is 6.07 Å². The second-order valence-corrected chi connectivity index (χ2v) is 6.55. The van der Waals surface area contributed by atoms with Gasteiger partial charge in [-0.1, -0.05) is 36.4 Å². The van der Waals surface area contributed by atoms with Gasteiger partial charge in [-0.15, -0.1) is 0 Å². The Morgan fingerprint density at radius 2 is 1.88 bits per heavy atom. The highest BCUT2D eigenvalue weighted by molar-refractivity contribution is 5.96. The summed E-state index contributed by atoms with van der Waals surface area (Å²) in [6.07, 6.45) is 1.28. The van der Waals surface area contributed by atoms with E-state index in [0.29, 0.717) is 30.6 Å². The van der Waals surface area contributed by atoms with Gasteiger partial charge in [0.25, 0.3) is 5.91 Å². The zero-order valence-corrected chi connectivity index (χ0v) is 13.1. The monoisotopic (exact) mass is 324 g/mol. The Bertz CT molecular complexity index is 813. The molecule has 24 heavy (non-hydrogen) atoms. The van der Waals surface area contributed by atoms with E-state index < -0.39 is 5.82 Å². The van der Waals surface area contributed by atoms with E-state index in [1.54, 1.807) is 17.0 Å². The van der Waals surface area contributed by atoms with Crippen LogP contribution in [0.5, 0.6) is 0 Å². The van der Waals surface area contributed by atoms with Gasteiger partial charge in [0, 0.05) is 30.6 Å². The largest absolute Gasteiger partial charge is 0.347 e. The number of likely N-dealkylation sites (tertiary alicyclic amines) is 1. The average molecular weight is 324 g/mol. The quantitative estimate of drug-likeness (QED) is 0.923. The van der Waals surface area contributed by atoms with Crippen LogP contribution in [0.4, 0.5) is 4.39 Å². The van der Waals surface area contributed by atoms with Crippen LogP contribution in [0.15, 0.2) is 48.5 Å². The number of nitrogens with zero attached hydrogens (tertiary/aromatic N) is 1. The van der Waals surface area contributed by atoms with Crippen LogP contribution in [0.25, 0.3) is 11.1 Å². The number of rotatable bonds is 2. The maximum Gasteiger partial charge on any atom is 0.254 e. The van der Waals surface area contributed by atoms with Crippen LogP contribution in [-0.4, -0.2) is 35.3 Å². The average Bonchev–Trinajstić information content (AvgIpc) is 2.96. The maximum absolute atomic E-state index is 14.4. The lowest BCUT2D eigenvalue weighted by atomic mass is 9.87. The third kappa shape index (κ3) is 2.46. The van der Waals surface area contributed by atoms with Crippen molar-refractivity contribution in [2.24, 2.45) is 0 Å². The Balaban J connectivity index is 1.50. The van der Waals surface area contributed by atoms with Crippen molar-refractivity contribution < 1.29 is 14.0 Å². The topological polar surface area (TPSA) is 49.4 Å². The molecule has 2 saturated heterocycles. The molecule has 0 aromatic heterocycles. The van der Waals surface area contributed by atoms with Gasteiger partial charge in [0.15, 0.2) is 0 Å². The molecule has 2 fully saturated rings. The first-order valence-corrected chi connectivity index (χ1v) is 8.02. The number of halogens is 1. The molecule has 0 saturated carbocycles. The molecule has 0 radical (unpaired) electrons. The summed E-state index contributed by atoms with van der Waals surface area (Å²) in [6, 6.07) is 13.8. The lowest BCUT2D eigenvalue weighted by Gasteiger charge is -2.47. The van der Waals surface area contributed by atoms with Gasteiger partial charge in [0.05, 0.1) is 5.54 Å². The van der Waals surface area contributed by atoms with Crippen molar-refractivity contribution in [2.45, 2.75) is 18.4 Å². The Morgan fingerprint density at radius 3 is 2.50 bits per heavy atom. The summed E-state index contributed by atoms with van der Waals surface area (Å²) in [4.78, 5) is 25.5. The second-order valence-electron chi connectivity index (χ2n) is 6.55. The maximum atomic E-state index is 14.4. The molecule has 1 spiro atoms. The van der Waals surface area contributed by atoms with Crippen LogP contribution < -0.4 is 5.32 Å². The number of nitrogens with one attached hydrogen (secondary N) is 1. The molecule has 2 aromatic carbocycles. The van der Waals surface area contributed by atoms with Crippen molar-refractivity contribution in [1.29, 1.82) is 0 Å². The molecule has 2 aliphatic rings. The summed E-state index contributed by atoms with van der Waals surface area (Å²) in [5.41, 5.74) is 1.35. The van der Waals surface area contributed by atoms with E-state index in [0.717, 1.165) is 12.0 Å². The standard InChI is InChI=1S/C19H17FN2O2/c20-16-10-14(6-7-15(16)13-4-2-1-3-5-13)18(24)22-11-19(12-22)9-8-17(23)21-19/h1-7,10H,8-9,11-12H2,(H,21,23). The normalized spacial score (nSPS) is 18.4. The van der Waals surface area contributed by atoms with Crippen molar-refractivity contribution in [2.75, 3.05) is 13.1 Å². The number of amides is 2. The fourth-order valence-electron chi connectivity index (χ4n) is 3.52. The predicted octanol–water partition coefficient (Wildman–Crippen LogP) is 2.60. The Labute approximate surface area is 139 Å². The summed E-state index contributed by atoms with van der Waals surface area (Å²) >= 11 is 0.